The van der Waals surface area contributed by atoms with Crippen molar-refractivity contribution in [2.24, 2.45) is 0 Å². The molecule has 1 aromatic heterocycles. The summed E-state index contributed by atoms with van der Waals surface area (Å²) >= 11 is 1.30. The third kappa shape index (κ3) is 2.22. The van der Waals surface area contributed by atoms with Crippen LogP contribution in [0, 0.1) is 5.82 Å². The summed E-state index contributed by atoms with van der Waals surface area (Å²) in [6.45, 7) is 0. The fraction of sp³-hybridized carbons (Fsp3) is 0. The predicted molar refractivity (Wildman–Crippen MR) is 76.1 cm³/mol. The number of fused-ring (bicyclic) bond motifs is 1. The standard InChI is InChI=1S/C15H10FNOS/c16-11-4-1-10-7-14(19-13(10)8-11)15(18)9-2-5-12(17)6-3-9/h1-8H,17H2. The molecule has 0 radical (unpaired) electrons. The number of halogens is 1. The van der Waals surface area contributed by atoms with Crippen LogP contribution in [0.2, 0.25) is 0 Å². The minimum atomic E-state index is -0.291. The zero-order valence-corrected chi connectivity index (χ0v) is 10.7. The maximum atomic E-state index is 13.1. The second-order valence-electron chi connectivity index (χ2n) is 4.24. The Kier molecular flexibility index (Phi) is 2.80. The zero-order valence-electron chi connectivity index (χ0n) is 9.89. The lowest BCUT2D eigenvalue weighted by atomic mass is 10.1. The molecule has 94 valence electrons. The highest BCUT2D eigenvalue weighted by atomic mass is 32.1. The number of hydrogen-bond donors (Lipinski definition) is 1. The molecule has 19 heavy (non-hydrogen) atoms. The van der Waals surface area contributed by atoms with Crippen LogP contribution in [-0.2, 0) is 0 Å². The van der Waals surface area contributed by atoms with E-state index in [-0.39, 0.29) is 11.6 Å². The van der Waals surface area contributed by atoms with Crippen molar-refractivity contribution < 1.29 is 9.18 Å². The molecule has 3 aromatic rings. The van der Waals surface area contributed by atoms with Crippen molar-refractivity contribution in [3.63, 3.8) is 0 Å². The molecule has 0 aliphatic carbocycles. The Morgan fingerprint density at radius 3 is 2.53 bits per heavy atom. The summed E-state index contributed by atoms with van der Waals surface area (Å²) in [4.78, 5) is 12.9. The van der Waals surface area contributed by atoms with E-state index in [1.165, 1.54) is 23.5 Å². The summed E-state index contributed by atoms with van der Waals surface area (Å²) in [5.74, 6) is -0.359. The van der Waals surface area contributed by atoms with Gasteiger partial charge in [0.15, 0.2) is 0 Å². The third-order valence-electron chi connectivity index (χ3n) is 2.88. The molecular weight excluding hydrogens is 261 g/mol. The van der Waals surface area contributed by atoms with Gasteiger partial charge in [0, 0.05) is 16.0 Å². The molecule has 2 aromatic carbocycles. The Balaban J connectivity index is 2.04. The molecule has 0 aliphatic rings. The lowest BCUT2D eigenvalue weighted by molar-refractivity contribution is 0.104. The summed E-state index contributed by atoms with van der Waals surface area (Å²) in [6, 6.07) is 13.1. The molecule has 2 N–H and O–H groups in total. The summed E-state index contributed by atoms with van der Waals surface area (Å²) in [5, 5.41) is 0.880. The van der Waals surface area contributed by atoms with Crippen molar-refractivity contribution in [1.29, 1.82) is 0 Å². The molecule has 0 atom stereocenters. The number of anilines is 1. The highest BCUT2D eigenvalue weighted by Gasteiger charge is 2.12. The van der Waals surface area contributed by atoms with E-state index in [1.807, 2.05) is 0 Å². The number of carbonyl (C=O) groups is 1. The summed E-state index contributed by atoms with van der Waals surface area (Å²) in [5.41, 5.74) is 6.80. The third-order valence-corrected chi connectivity index (χ3v) is 3.98. The minimum absolute atomic E-state index is 0.0680. The van der Waals surface area contributed by atoms with E-state index in [4.69, 9.17) is 5.73 Å². The second kappa shape index (κ2) is 4.48. The number of ketones is 1. The van der Waals surface area contributed by atoms with Crippen molar-refractivity contribution in [2.75, 3.05) is 5.73 Å². The summed E-state index contributed by atoms with van der Waals surface area (Å²) in [6.07, 6.45) is 0. The number of nitrogens with two attached hydrogens (primary N) is 1. The highest BCUT2D eigenvalue weighted by molar-refractivity contribution is 7.21. The number of carbonyl (C=O) groups excluding carboxylic acids is 1. The average molecular weight is 271 g/mol. The van der Waals surface area contributed by atoms with Crippen LogP contribution < -0.4 is 5.73 Å². The maximum absolute atomic E-state index is 13.1. The SMILES string of the molecule is Nc1ccc(C(=O)c2cc3ccc(F)cc3s2)cc1. The van der Waals surface area contributed by atoms with Crippen LogP contribution >= 0.6 is 11.3 Å². The first kappa shape index (κ1) is 11.9. The van der Waals surface area contributed by atoms with E-state index in [2.05, 4.69) is 0 Å². The van der Waals surface area contributed by atoms with Gasteiger partial charge in [-0.05, 0) is 47.9 Å². The van der Waals surface area contributed by atoms with Gasteiger partial charge in [0.1, 0.15) is 5.82 Å². The van der Waals surface area contributed by atoms with E-state index in [0.29, 0.717) is 16.1 Å². The van der Waals surface area contributed by atoms with Crippen molar-refractivity contribution in [2.45, 2.75) is 0 Å². The average Bonchev–Trinajstić information content (AvgIpc) is 2.81. The van der Waals surface area contributed by atoms with Crippen molar-refractivity contribution in [3.05, 3.63) is 64.8 Å². The lowest BCUT2D eigenvalue weighted by Crippen LogP contribution is -1.98. The Labute approximate surface area is 113 Å². The van der Waals surface area contributed by atoms with Crippen LogP contribution in [0.3, 0.4) is 0 Å². The first-order valence-electron chi connectivity index (χ1n) is 5.73. The van der Waals surface area contributed by atoms with Gasteiger partial charge in [0.05, 0.1) is 4.88 Å². The normalized spacial score (nSPS) is 10.8. The van der Waals surface area contributed by atoms with Crippen LogP contribution in [0.5, 0.6) is 0 Å². The highest BCUT2D eigenvalue weighted by Crippen LogP contribution is 2.28. The number of rotatable bonds is 2. The first-order chi connectivity index (χ1) is 9.13. The molecular formula is C15H10FNOS. The van der Waals surface area contributed by atoms with Crippen LogP contribution in [0.15, 0.2) is 48.5 Å². The van der Waals surface area contributed by atoms with Gasteiger partial charge >= 0.3 is 0 Å². The van der Waals surface area contributed by atoms with E-state index >= 15 is 0 Å². The van der Waals surface area contributed by atoms with Gasteiger partial charge in [-0.2, -0.15) is 0 Å². The Hall–Kier alpha value is -2.20. The number of hydrogen-bond acceptors (Lipinski definition) is 3. The molecule has 3 rings (SSSR count). The van der Waals surface area contributed by atoms with Crippen LogP contribution in [0.1, 0.15) is 15.2 Å². The van der Waals surface area contributed by atoms with E-state index in [0.717, 1.165) is 10.1 Å². The first-order valence-corrected chi connectivity index (χ1v) is 6.54. The van der Waals surface area contributed by atoms with Gasteiger partial charge < -0.3 is 5.73 Å². The lowest BCUT2D eigenvalue weighted by Gasteiger charge is -1.98. The van der Waals surface area contributed by atoms with E-state index in [1.54, 1.807) is 36.4 Å². The topological polar surface area (TPSA) is 43.1 Å². The summed E-state index contributed by atoms with van der Waals surface area (Å²) < 4.78 is 13.9. The second-order valence-corrected chi connectivity index (χ2v) is 5.33. The summed E-state index contributed by atoms with van der Waals surface area (Å²) in [7, 11) is 0. The minimum Gasteiger partial charge on any atom is -0.399 e. The monoisotopic (exact) mass is 271 g/mol. The fourth-order valence-corrected chi connectivity index (χ4v) is 2.94. The molecule has 0 aliphatic heterocycles. The number of thiophene rings is 1. The Morgan fingerprint density at radius 2 is 1.79 bits per heavy atom. The molecule has 4 heteroatoms. The molecule has 0 spiro atoms. The predicted octanol–water partition coefficient (Wildman–Crippen LogP) is 3.85. The molecule has 0 unspecified atom stereocenters. The Bertz CT molecular complexity index is 761. The molecule has 2 nitrogen and oxygen atoms in total. The number of benzene rings is 2. The zero-order chi connectivity index (χ0) is 13.4. The Morgan fingerprint density at radius 1 is 1.05 bits per heavy atom. The maximum Gasteiger partial charge on any atom is 0.202 e. The van der Waals surface area contributed by atoms with Gasteiger partial charge in [-0.15, -0.1) is 11.3 Å². The molecule has 0 saturated carbocycles. The molecule has 0 amide bonds. The van der Waals surface area contributed by atoms with E-state index < -0.39 is 0 Å². The molecule has 0 bridgehead atoms. The van der Waals surface area contributed by atoms with Crippen LogP contribution in [-0.4, -0.2) is 5.78 Å². The van der Waals surface area contributed by atoms with Crippen molar-refractivity contribution in [1.82, 2.24) is 0 Å². The molecule has 0 fully saturated rings. The van der Waals surface area contributed by atoms with Gasteiger partial charge in [0.25, 0.3) is 0 Å². The van der Waals surface area contributed by atoms with E-state index in [9.17, 15) is 9.18 Å². The molecule has 1 heterocycles. The molecule has 0 saturated heterocycles. The fourth-order valence-electron chi connectivity index (χ4n) is 1.89. The van der Waals surface area contributed by atoms with Crippen molar-refractivity contribution >= 4 is 32.9 Å². The van der Waals surface area contributed by atoms with Gasteiger partial charge in [0.2, 0.25) is 5.78 Å². The number of nitrogen functional groups attached to an aromatic ring is 1. The van der Waals surface area contributed by atoms with Gasteiger partial charge in [-0.25, -0.2) is 4.39 Å². The van der Waals surface area contributed by atoms with Crippen LogP contribution in [0.4, 0.5) is 10.1 Å². The van der Waals surface area contributed by atoms with Crippen LogP contribution in [0.25, 0.3) is 10.1 Å². The van der Waals surface area contributed by atoms with Crippen molar-refractivity contribution in [3.8, 4) is 0 Å². The smallest absolute Gasteiger partial charge is 0.202 e. The van der Waals surface area contributed by atoms with Gasteiger partial charge in [-0.3, -0.25) is 4.79 Å². The quantitative estimate of drug-likeness (QED) is 0.568. The largest absolute Gasteiger partial charge is 0.399 e. The van der Waals surface area contributed by atoms with Gasteiger partial charge in [-0.1, -0.05) is 6.07 Å².